The van der Waals surface area contributed by atoms with Gasteiger partial charge in [-0.2, -0.15) is 5.10 Å². The normalized spacial score (nSPS) is 19.3. The zero-order valence-corrected chi connectivity index (χ0v) is 12.1. The monoisotopic (exact) mass is 289 g/mol. The molecule has 3 heterocycles. The molecular weight excluding hydrogens is 274 g/mol. The van der Waals surface area contributed by atoms with Crippen LogP contribution < -0.4 is 10.1 Å². The van der Waals surface area contributed by atoms with Crippen LogP contribution in [0.3, 0.4) is 0 Å². The molecule has 1 spiro atoms. The molecule has 1 N–H and O–H groups in total. The minimum atomic E-state index is -0.240. The number of aryl methyl sites for hydroxylation is 1. The van der Waals surface area contributed by atoms with Gasteiger partial charge in [0, 0.05) is 36.0 Å². The summed E-state index contributed by atoms with van der Waals surface area (Å²) in [6, 6.07) is 5.82. The number of hydrogen-bond acceptors (Lipinski definition) is 3. The van der Waals surface area contributed by atoms with Crippen molar-refractivity contribution in [2.24, 2.45) is 7.05 Å². The second kappa shape index (κ2) is 4.24. The molecule has 0 saturated carbocycles. The first-order valence-electron chi connectivity index (χ1n) is 6.92. The smallest absolute Gasteiger partial charge is 0.140 e. The van der Waals surface area contributed by atoms with E-state index in [0.717, 1.165) is 48.0 Å². The van der Waals surface area contributed by atoms with Gasteiger partial charge in [-0.1, -0.05) is 11.6 Å². The van der Waals surface area contributed by atoms with E-state index < -0.39 is 0 Å². The molecule has 4 nitrogen and oxygen atoms in total. The lowest BCUT2D eigenvalue weighted by atomic mass is 9.81. The minimum absolute atomic E-state index is 0.240. The Balaban J connectivity index is 1.96. The maximum absolute atomic E-state index is 6.40. The molecule has 5 heteroatoms. The number of fused-ring (bicyclic) bond motifs is 4. The van der Waals surface area contributed by atoms with E-state index in [4.69, 9.17) is 16.3 Å². The third-order valence-corrected chi connectivity index (χ3v) is 4.58. The van der Waals surface area contributed by atoms with Crippen LogP contribution in [0, 0.1) is 0 Å². The average Bonchev–Trinajstić information content (AvgIpc) is 2.85. The molecule has 0 unspecified atom stereocenters. The Bertz CT molecular complexity index is 674. The van der Waals surface area contributed by atoms with Crippen LogP contribution in [-0.4, -0.2) is 22.9 Å². The van der Waals surface area contributed by atoms with Crippen LogP contribution in [0.4, 0.5) is 0 Å². The molecule has 0 amide bonds. The van der Waals surface area contributed by atoms with Crippen LogP contribution in [0.2, 0.25) is 5.02 Å². The standard InChI is InChI=1S/C15H16ClN3O/c1-19-14-11-8-10(16)2-3-13(11)20-15(12(14)9-18-19)4-6-17-7-5-15/h2-3,8-9,17H,4-7H2,1H3. The van der Waals surface area contributed by atoms with E-state index in [-0.39, 0.29) is 5.60 Å². The van der Waals surface area contributed by atoms with Gasteiger partial charge in [0.1, 0.15) is 11.4 Å². The fourth-order valence-corrected chi connectivity index (χ4v) is 3.51. The highest BCUT2D eigenvalue weighted by Gasteiger charge is 2.43. The first-order valence-corrected chi connectivity index (χ1v) is 7.30. The van der Waals surface area contributed by atoms with E-state index in [2.05, 4.69) is 10.4 Å². The molecule has 0 bridgehead atoms. The highest BCUT2D eigenvalue weighted by atomic mass is 35.5. The van der Waals surface area contributed by atoms with Crippen molar-refractivity contribution in [3.63, 3.8) is 0 Å². The second-order valence-corrected chi connectivity index (χ2v) is 5.95. The van der Waals surface area contributed by atoms with E-state index in [1.165, 1.54) is 5.56 Å². The molecule has 0 radical (unpaired) electrons. The summed E-state index contributed by atoms with van der Waals surface area (Å²) in [5, 5.41) is 8.57. The van der Waals surface area contributed by atoms with Crippen molar-refractivity contribution in [2.75, 3.05) is 13.1 Å². The molecule has 0 aliphatic carbocycles. The quantitative estimate of drug-likeness (QED) is 0.810. The average molecular weight is 290 g/mol. The lowest BCUT2D eigenvalue weighted by Gasteiger charge is -2.41. The number of rotatable bonds is 0. The van der Waals surface area contributed by atoms with Crippen molar-refractivity contribution in [3.05, 3.63) is 35.0 Å². The van der Waals surface area contributed by atoms with Crippen molar-refractivity contribution >= 4 is 11.6 Å². The van der Waals surface area contributed by atoms with Crippen LogP contribution in [0.15, 0.2) is 24.4 Å². The number of halogens is 1. The molecule has 1 fully saturated rings. The Morgan fingerprint density at radius 3 is 2.95 bits per heavy atom. The summed E-state index contributed by atoms with van der Waals surface area (Å²) in [5.41, 5.74) is 3.12. The lowest BCUT2D eigenvalue weighted by Crippen LogP contribution is -2.45. The van der Waals surface area contributed by atoms with Gasteiger partial charge < -0.3 is 10.1 Å². The molecule has 4 rings (SSSR count). The topological polar surface area (TPSA) is 39.1 Å². The summed E-state index contributed by atoms with van der Waals surface area (Å²) in [6.45, 7) is 1.94. The molecule has 1 saturated heterocycles. The van der Waals surface area contributed by atoms with E-state index in [0.29, 0.717) is 0 Å². The molecule has 104 valence electrons. The fourth-order valence-electron chi connectivity index (χ4n) is 3.33. The Kier molecular flexibility index (Phi) is 2.59. The van der Waals surface area contributed by atoms with Gasteiger partial charge in [0.2, 0.25) is 0 Å². The van der Waals surface area contributed by atoms with Crippen molar-refractivity contribution in [1.82, 2.24) is 15.1 Å². The molecule has 0 atom stereocenters. The molecule has 20 heavy (non-hydrogen) atoms. The molecule has 1 aromatic heterocycles. The number of nitrogens with zero attached hydrogens (tertiary/aromatic N) is 2. The number of ether oxygens (including phenoxy) is 1. The molecular formula is C15H16ClN3O. The number of nitrogens with one attached hydrogen (secondary N) is 1. The third-order valence-electron chi connectivity index (χ3n) is 4.34. The number of aromatic nitrogens is 2. The lowest BCUT2D eigenvalue weighted by molar-refractivity contribution is 0.0306. The van der Waals surface area contributed by atoms with Gasteiger partial charge >= 0.3 is 0 Å². The minimum Gasteiger partial charge on any atom is -0.482 e. The van der Waals surface area contributed by atoms with Crippen molar-refractivity contribution in [2.45, 2.75) is 18.4 Å². The van der Waals surface area contributed by atoms with Crippen molar-refractivity contribution in [3.8, 4) is 17.0 Å². The van der Waals surface area contributed by atoms with Gasteiger partial charge in [-0.25, -0.2) is 0 Å². The Morgan fingerprint density at radius 1 is 1.35 bits per heavy atom. The van der Waals surface area contributed by atoms with Crippen LogP contribution >= 0.6 is 11.6 Å². The van der Waals surface area contributed by atoms with Gasteiger partial charge in [-0.15, -0.1) is 0 Å². The largest absolute Gasteiger partial charge is 0.482 e. The van der Waals surface area contributed by atoms with Crippen molar-refractivity contribution in [1.29, 1.82) is 0 Å². The number of piperidine rings is 1. The SMILES string of the molecule is Cn1ncc2c1-c1cc(Cl)ccc1OC21CCNCC1. The predicted molar refractivity (Wildman–Crippen MR) is 78.1 cm³/mol. The Labute approximate surface area is 122 Å². The number of hydrogen-bond donors (Lipinski definition) is 1. The van der Waals surface area contributed by atoms with E-state index in [1.807, 2.05) is 36.1 Å². The van der Waals surface area contributed by atoms with Gasteiger partial charge in [-0.05, 0) is 31.3 Å². The molecule has 2 aliphatic rings. The summed E-state index contributed by atoms with van der Waals surface area (Å²) in [6.07, 6.45) is 3.88. The maximum Gasteiger partial charge on any atom is 0.140 e. The molecule has 1 aromatic carbocycles. The molecule has 2 aliphatic heterocycles. The third kappa shape index (κ3) is 1.61. The summed E-state index contributed by atoms with van der Waals surface area (Å²) in [4.78, 5) is 0. The number of benzene rings is 1. The summed E-state index contributed by atoms with van der Waals surface area (Å²) >= 11 is 6.14. The van der Waals surface area contributed by atoms with E-state index in [1.54, 1.807) is 0 Å². The Hall–Kier alpha value is -1.52. The van der Waals surface area contributed by atoms with E-state index in [9.17, 15) is 0 Å². The zero-order valence-electron chi connectivity index (χ0n) is 11.3. The summed E-state index contributed by atoms with van der Waals surface area (Å²) < 4.78 is 8.33. The van der Waals surface area contributed by atoms with Crippen LogP contribution in [0.1, 0.15) is 18.4 Å². The predicted octanol–water partition coefficient (Wildman–Crippen LogP) is 2.71. The van der Waals surface area contributed by atoms with Gasteiger partial charge in [0.05, 0.1) is 11.9 Å². The maximum atomic E-state index is 6.40. The first kappa shape index (κ1) is 12.2. The van der Waals surface area contributed by atoms with Gasteiger partial charge in [-0.3, -0.25) is 4.68 Å². The highest BCUT2D eigenvalue weighted by molar-refractivity contribution is 6.31. The highest BCUT2D eigenvalue weighted by Crippen LogP contribution is 2.49. The van der Waals surface area contributed by atoms with Crippen LogP contribution in [-0.2, 0) is 12.6 Å². The zero-order chi connectivity index (χ0) is 13.7. The van der Waals surface area contributed by atoms with Crippen LogP contribution in [0.25, 0.3) is 11.3 Å². The summed E-state index contributed by atoms with van der Waals surface area (Å²) in [5.74, 6) is 0.910. The van der Waals surface area contributed by atoms with Gasteiger partial charge in [0.25, 0.3) is 0 Å². The van der Waals surface area contributed by atoms with Crippen LogP contribution in [0.5, 0.6) is 5.75 Å². The van der Waals surface area contributed by atoms with Crippen molar-refractivity contribution < 1.29 is 4.74 Å². The first-order chi connectivity index (χ1) is 9.70. The molecule has 2 aromatic rings. The Morgan fingerprint density at radius 2 is 2.15 bits per heavy atom. The van der Waals surface area contributed by atoms with Gasteiger partial charge in [0.15, 0.2) is 0 Å². The summed E-state index contributed by atoms with van der Waals surface area (Å²) in [7, 11) is 1.98. The second-order valence-electron chi connectivity index (χ2n) is 5.52. The van der Waals surface area contributed by atoms with E-state index >= 15 is 0 Å². The fraction of sp³-hybridized carbons (Fsp3) is 0.400.